The van der Waals surface area contributed by atoms with Gasteiger partial charge in [-0.3, -0.25) is 0 Å². The first kappa shape index (κ1) is 17.2. The SMILES string of the molecule is CC[C@H](CNc1ccc(OC(C)C)cc1)Oc1cccc(C)c1. The second-order valence-corrected chi connectivity index (χ2v) is 6.04. The summed E-state index contributed by atoms with van der Waals surface area (Å²) in [7, 11) is 0. The third-order valence-corrected chi connectivity index (χ3v) is 3.51. The summed E-state index contributed by atoms with van der Waals surface area (Å²) in [5.41, 5.74) is 2.29. The monoisotopic (exact) mass is 313 g/mol. The molecule has 0 spiro atoms. The fourth-order valence-corrected chi connectivity index (χ4v) is 2.31. The first-order chi connectivity index (χ1) is 11.1. The van der Waals surface area contributed by atoms with Gasteiger partial charge in [-0.15, -0.1) is 0 Å². The molecule has 3 heteroatoms. The van der Waals surface area contributed by atoms with Gasteiger partial charge in [0.2, 0.25) is 0 Å². The molecule has 0 fully saturated rings. The molecule has 1 N–H and O–H groups in total. The molecule has 0 saturated carbocycles. The Kier molecular flexibility index (Phi) is 6.33. The van der Waals surface area contributed by atoms with Crippen LogP contribution >= 0.6 is 0 Å². The Morgan fingerprint density at radius 2 is 1.70 bits per heavy atom. The molecule has 0 aromatic heterocycles. The van der Waals surface area contributed by atoms with Crippen molar-refractivity contribution in [3.05, 3.63) is 54.1 Å². The molecule has 0 aliphatic rings. The predicted molar refractivity (Wildman–Crippen MR) is 96.6 cm³/mol. The van der Waals surface area contributed by atoms with Crippen molar-refractivity contribution in [3.8, 4) is 11.5 Å². The van der Waals surface area contributed by atoms with Crippen LogP contribution in [0.3, 0.4) is 0 Å². The summed E-state index contributed by atoms with van der Waals surface area (Å²) in [6, 6.07) is 16.2. The molecule has 2 aromatic rings. The molecule has 0 heterocycles. The van der Waals surface area contributed by atoms with Crippen molar-refractivity contribution in [2.45, 2.75) is 46.3 Å². The van der Waals surface area contributed by atoms with Gasteiger partial charge in [-0.2, -0.15) is 0 Å². The van der Waals surface area contributed by atoms with Gasteiger partial charge in [-0.25, -0.2) is 0 Å². The highest BCUT2D eigenvalue weighted by molar-refractivity contribution is 5.46. The number of benzene rings is 2. The minimum Gasteiger partial charge on any atom is -0.491 e. The summed E-state index contributed by atoms with van der Waals surface area (Å²) in [5, 5.41) is 3.43. The highest BCUT2D eigenvalue weighted by Gasteiger charge is 2.08. The van der Waals surface area contributed by atoms with Crippen molar-refractivity contribution < 1.29 is 9.47 Å². The van der Waals surface area contributed by atoms with E-state index in [-0.39, 0.29) is 12.2 Å². The van der Waals surface area contributed by atoms with E-state index >= 15 is 0 Å². The van der Waals surface area contributed by atoms with Crippen LogP contribution in [-0.2, 0) is 0 Å². The van der Waals surface area contributed by atoms with E-state index in [1.54, 1.807) is 0 Å². The molecule has 0 bridgehead atoms. The van der Waals surface area contributed by atoms with Crippen LogP contribution in [0.25, 0.3) is 0 Å². The highest BCUT2D eigenvalue weighted by Crippen LogP contribution is 2.18. The van der Waals surface area contributed by atoms with Gasteiger partial charge in [-0.1, -0.05) is 19.1 Å². The minimum atomic E-state index is 0.142. The van der Waals surface area contributed by atoms with Crippen LogP contribution in [0.1, 0.15) is 32.8 Å². The predicted octanol–water partition coefficient (Wildman–Crippen LogP) is 5.05. The van der Waals surface area contributed by atoms with Crippen LogP contribution in [0.15, 0.2) is 48.5 Å². The van der Waals surface area contributed by atoms with Gasteiger partial charge < -0.3 is 14.8 Å². The summed E-state index contributed by atoms with van der Waals surface area (Å²) in [4.78, 5) is 0. The molecule has 2 aromatic carbocycles. The summed E-state index contributed by atoms with van der Waals surface area (Å²) >= 11 is 0. The minimum absolute atomic E-state index is 0.142. The Balaban J connectivity index is 1.87. The Bertz CT molecular complexity index is 593. The van der Waals surface area contributed by atoms with Crippen LogP contribution in [0, 0.1) is 6.92 Å². The van der Waals surface area contributed by atoms with Crippen molar-refractivity contribution in [3.63, 3.8) is 0 Å². The van der Waals surface area contributed by atoms with Gasteiger partial charge in [0.1, 0.15) is 17.6 Å². The van der Waals surface area contributed by atoms with E-state index in [9.17, 15) is 0 Å². The zero-order chi connectivity index (χ0) is 16.7. The maximum atomic E-state index is 6.06. The Morgan fingerprint density at radius 3 is 2.30 bits per heavy atom. The Labute approximate surface area is 139 Å². The number of aryl methyl sites for hydroxylation is 1. The molecule has 0 aliphatic heterocycles. The lowest BCUT2D eigenvalue weighted by molar-refractivity contribution is 0.210. The largest absolute Gasteiger partial charge is 0.491 e. The Hall–Kier alpha value is -2.16. The average molecular weight is 313 g/mol. The van der Waals surface area contributed by atoms with E-state index in [1.807, 2.05) is 50.2 Å². The number of anilines is 1. The number of nitrogens with one attached hydrogen (secondary N) is 1. The maximum Gasteiger partial charge on any atom is 0.120 e. The quantitative estimate of drug-likeness (QED) is 0.739. The average Bonchev–Trinajstić information content (AvgIpc) is 2.52. The molecule has 0 aliphatic carbocycles. The first-order valence-electron chi connectivity index (χ1n) is 8.30. The van der Waals surface area contributed by atoms with Crippen LogP contribution in [0.5, 0.6) is 11.5 Å². The second kappa shape index (κ2) is 8.47. The van der Waals surface area contributed by atoms with Gasteiger partial charge in [0, 0.05) is 5.69 Å². The van der Waals surface area contributed by atoms with E-state index in [0.717, 1.165) is 30.2 Å². The van der Waals surface area contributed by atoms with Gasteiger partial charge in [0.05, 0.1) is 12.6 Å². The number of ether oxygens (including phenoxy) is 2. The van der Waals surface area contributed by atoms with Gasteiger partial charge >= 0.3 is 0 Å². The van der Waals surface area contributed by atoms with E-state index in [2.05, 4.69) is 31.3 Å². The zero-order valence-corrected chi connectivity index (χ0v) is 14.5. The van der Waals surface area contributed by atoms with Crippen LogP contribution in [0.2, 0.25) is 0 Å². The molecule has 0 saturated heterocycles. The molecule has 2 rings (SSSR count). The van der Waals surface area contributed by atoms with Gasteiger partial charge in [0.15, 0.2) is 0 Å². The number of rotatable bonds is 8. The molecule has 3 nitrogen and oxygen atoms in total. The molecule has 1 atom stereocenters. The number of hydrogen-bond donors (Lipinski definition) is 1. The fraction of sp³-hybridized carbons (Fsp3) is 0.400. The smallest absolute Gasteiger partial charge is 0.120 e. The molecular weight excluding hydrogens is 286 g/mol. The van der Waals surface area contributed by atoms with Crippen molar-refractivity contribution in [2.24, 2.45) is 0 Å². The normalized spacial score (nSPS) is 12.0. The number of hydrogen-bond acceptors (Lipinski definition) is 3. The molecule has 0 unspecified atom stereocenters. The lowest BCUT2D eigenvalue weighted by atomic mass is 10.2. The third-order valence-electron chi connectivity index (χ3n) is 3.51. The second-order valence-electron chi connectivity index (χ2n) is 6.04. The molecular formula is C20H27NO2. The Morgan fingerprint density at radius 1 is 0.957 bits per heavy atom. The van der Waals surface area contributed by atoms with E-state index < -0.39 is 0 Å². The third kappa shape index (κ3) is 5.85. The summed E-state index contributed by atoms with van der Waals surface area (Å²) < 4.78 is 11.7. The highest BCUT2D eigenvalue weighted by atomic mass is 16.5. The topological polar surface area (TPSA) is 30.5 Å². The first-order valence-corrected chi connectivity index (χ1v) is 8.30. The van der Waals surface area contributed by atoms with Crippen LogP contribution < -0.4 is 14.8 Å². The van der Waals surface area contributed by atoms with Crippen molar-refractivity contribution in [1.82, 2.24) is 0 Å². The summed E-state index contributed by atoms with van der Waals surface area (Å²) in [6.45, 7) is 9.05. The van der Waals surface area contributed by atoms with Crippen molar-refractivity contribution in [1.29, 1.82) is 0 Å². The lowest BCUT2D eigenvalue weighted by Crippen LogP contribution is -2.25. The summed E-state index contributed by atoms with van der Waals surface area (Å²) in [5.74, 6) is 1.83. The standard InChI is InChI=1S/C20H27NO2/c1-5-18(23-20-8-6-7-16(4)13-20)14-21-17-9-11-19(12-10-17)22-15(2)3/h6-13,15,18,21H,5,14H2,1-4H3/t18-/m1/s1. The van der Waals surface area contributed by atoms with Crippen molar-refractivity contribution in [2.75, 3.05) is 11.9 Å². The molecule has 0 amide bonds. The summed E-state index contributed by atoms with van der Waals surface area (Å²) in [6.07, 6.45) is 1.29. The molecule has 0 radical (unpaired) electrons. The molecule has 23 heavy (non-hydrogen) atoms. The molecule has 124 valence electrons. The van der Waals surface area contributed by atoms with E-state index in [1.165, 1.54) is 5.56 Å². The van der Waals surface area contributed by atoms with E-state index in [4.69, 9.17) is 9.47 Å². The maximum absolute atomic E-state index is 6.06. The zero-order valence-electron chi connectivity index (χ0n) is 14.5. The van der Waals surface area contributed by atoms with E-state index in [0.29, 0.717) is 0 Å². The lowest BCUT2D eigenvalue weighted by Gasteiger charge is -2.19. The van der Waals surface area contributed by atoms with Crippen LogP contribution in [0.4, 0.5) is 5.69 Å². The van der Waals surface area contributed by atoms with Crippen LogP contribution in [-0.4, -0.2) is 18.8 Å². The van der Waals surface area contributed by atoms with Crippen molar-refractivity contribution >= 4 is 5.69 Å². The van der Waals surface area contributed by atoms with Gasteiger partial charge in [0.25, 0.3) is 0 Å². The fourth-order valence-electron chi connectivity index (χ4n) is 2.31. The van der Waals surface area contributed by atoms with Gasteiger partial charge in [-0.05, 0) is 69.2 Å².